The highest BCUT2D eigenvalue weighted by Crippen LogP contribution is 2.13. The molecule has 0 radical (unpaired) electrons. The van der Waals surface area contributed by atoms with E-state index in [-0.39, 0.29) is 6.04 Å². The van der Waals surface area contributed by atoms with E-state index in [2.05, 4.69) is 29.1 Å². The lowest BCUT2D eigenvalue weighted by molar-refractivity contribution is 0.326. The minimum atomic E-state index is 0.188. The highest BCUT2D eigenvalue weighted by atomic mass is 35.5. The van der Waals surface area contributed by atoms with E-state index in [1.54, 1.807) is 12.3 Å². The summed E-state index contributed by atoms with van der Waals surface area (Å²) in [4.78, 5) is 8.41. The third-order valence-corrected chi connectivity index (χ3v) is 2.57. The highest BCUT2D eigenvalue weighted by molar-refractivity contribution is 6.18. The van der Waals surface area contributed by atoms with Crippen LogP contribution in [0, 0.1) is 5.92 Å². The molecule has 4 nitrogen and oxygen atoms in total. The van der Waals surface area contributed by atoms with Gasteiger partial charge in [-0.3, -0.25) is 0 Å². The van der Waals surface area contributed by atoms with Crippen molar-refractivity contribution in [1.29, 1.82) is 0 Å². The number of anilines is 1. The molecule has 0 spiro atoms. The van der Waals surface area contributed by atoms with Gasteiger partial charge in [-0.05, 0) is 19.3 Å². The lowest BCUT2D eigenvalue weighted by atomic mass is 10.1. The van der Waals surface area contributed by atoms with E-state index < -0.39 is 0 Å². The van der Waals surface area contributed by atoms with E-state index >= 15 is 0 Å². The highest BCUT2D eigenvalue weighted by Gasteiger charge is 2.11. The van der Waals surface area contributed by atoms with E-state index in [9.17, 15) is 0 Å². The maximum Gasteiger partial charge on any atom is 0.226 e. The van der Waals surface area contributed by atoms with Crippen LogP contribution >= 0.6 is 11.6 Å². The van der Waals surface area contributed by atoms with Crippen LogP contribution in [0.3, 0.4) is 0 Å². The maximum atomic E-state index is 5.91. The predicted octanol–water partition coefficient (Wildman–Crippen LogP) is 2.94. The van der Waals surface area contributed by atoms with E-state index in [1.807, 2.05) is 6.92 Å². The number of halogens is 1. The van der Waals surface area contributed by atoms with Crippen LogP contribution in [0.1, 0.15) is 27.2 Å². The molecule has 0 saturated carbocycles. The zero-order valence-corrected chi connectivity index (χ0v) is 11.4. The van der Waals surface area contributed by atoms with Crippen molar-refractivity contribution in [3.63, 3.8) is 0 Å². The van der Waals surface area contributed by atoms with Crippen molar-refractivity contribution in [2.24, 2.45) is 5.92 Å². The van der Waals surface area contributed by atoms with Gasteiger partial charge in [-0.15, -0.1) is 11.6 Å². The summed E-state index contributed by atoms with van der Waals surface area (Å²) in [5, 5.41) is 3.22. The molecule has 0 saturated heterocycles. The Hall–Kier alpha value is -1.03. The van der Waals surface area contributed by atoms with Crippen molar-refractivity contribution in [3.8, 4) is 5.88 Å². The summed E-state index contributed by atoms with van der Waals surface area (Å²) in [6.07, 6.45) is 2.67. The monoisotopic (exact) mass is 257 g/mol. The van der Waals surface area contributed by atoms with Gasteiger partial charge < -0.3 is 10.1 Å². The summed E-state index contributed by atoms with van der Waals surface area (Å²) in [6, 6.07) is 1.93. The molecule has 1 unspecified atom stereocenters. The number of alkyl halides is 1. The second-order valence-electron chi connectivity index (χ2n) is 4.28. The van der Waals surface area contributed by atoms with Crippen molar-refractivity contribution >= 4 is 17.5 Å². The molecule has 1 rings (SSSR count). The Morgan fingerprint density at radius 2 is 2.24 bits per heavy atom. The standard InChI is InChI=1S/C12H20ClN3O/c1-4-17-11-5-6-14-12(16-11)15-10(8-13)7-9(2)3/h5-6,9-10H,4,7-8H2,1-3H3,(H,14,15,16). The summed E-state index contributed by atoms with van der Waals surface area (Å²) in [5.74, 6) is 2.28. The van der Waals surface area contributed by atoms with Gasteiger partial charge in [0.2, 0.25) is 11.8 Å². The Morgan fingerprint density at radius 3 is 2.82 bits per heavy atom. The Labute approximate surface area is 108 Å². The number of rotatable bonds is 7. The van der Waals surface area contributed by atoms with Gasteiger partial charge in [0.1, 0.15) is 0 Å². The van der Waals surface area contributed by atoms with Crippen LogP contribution in [0.4, 0.5) is 5.95 Å². The first-order chi connectivity index (χ1) is 8.15. The average molecular weight is 258 g/mol. The molecule has 0 aromatic carbocycles. The summed E-state index contributed by atoms with van der Waals surface area (Å²) < 4.78 is 5.32. The molecule has 1 N–H and O–H groups in total. The molecule has 1 aromatic heterocycles. The smallest absolute Gasteiger partial charge is 0.226 e. The van der Waals surface area contributed by atoms with Crippen LogP contribution in [0.5, 0.6) is 5.88 Å². The first-order valence-electron chi connectivity index (χ1n) is 5.94. The quantitative estimate of drug-likeness (QED) is 0.763. The lowest BCUT2D eigenvalue weighted by Gasteiger charge is -2.18. The normalized spacial score (nSPS) is 12.5. The fourth-order valence-electron chi connectivity index (χ4n) is 1.55. The van der Waals surface area contributed by atoms with Gasteiger partial charge in [0.15, 0.2) is 0 Å². The molecule has 0 aliphatic heterocycles. The van der Waals surface area contributed by atoms with Crippen molar-refractivity contribution in [2.75, 3.05) is 17.8 Å². The Bertz CT molecular complexity index is 333. The predicted molar refractivity (Wildman–Crippen MR) is 70.8 cm³/mol. The van der Waals surface area contributed by atoms with Crippen LogP contribution < -0.4 is 10.1 Å². The van der Waals surface area contributed by atoms with Crippen LogP contribution in [-0.4, -0.2) is 28.5 Å². The first-order valence-corrected chi connectivity index (χ1v) is 6.47. The van der Waals surface area contributed by atoms with Gasteiger partial charge in [0.25, 0.3) is 0 Å². The Kier molecular flexibility index (Phi) is 6.05. The molecule has 0 fully saturated rings. The van der Waals surface area contributed by atoms with Crippen molar-refractivity contribution in [3.05, 3.63) is 12.3 Å². The van der Waals surface area contributed by atoms with Gasteiger partial charge in [0, 0.05) is 24.2 Å². The second kappa shape index (κ2) is 7.33. The SMILES string of the molecule is CCOc1ccnc(NC(CCl)CC(C)C)n1. The van der Waals surface area contributed by atoms with Crippen molar-refractivity contribution < 1.29 is 4.74 Å². The summed E-state index contributed by atoms with van der Waals surface area (Å²) >= 11 is 5.91. The van der Waals surface area contributed by atoms with E-state index in [1.165, 1.54) is 0 Å². The van der Waals surface area contributed by atoms with Crippen LogP contribution in [0.25, 0.3) is 0 Å². The molecule has 1 atom stereocenters. The molecule has 0 aliphatic rings. The molecule has 1 heterocycles. The topological polar surface area (TPSA) is 47.0 Å². The number of hydrogen-bond acceptors (Lipinski definition) is 4. The van der Waals surface area contributed by atoms with Gasteiger partial charge in [-0.1, -0.05) is 13.8 Å². The lowest BCUT2D eigenvalue weighted by Crippen LogP contribution is -2.24. The molecule has 0 aliphatic carbocycles. The molecular weight excluding hydrogens is 238 g/mol. The minimum absolute atomic E-state index is 0.188. The minimum Gasteiger partial charge on any atom is -0.478 e. The zero-order chi connectivity index (χ0) is 12.7. The average Bonchev–Trinajstić information content (AvgIpc) is 2.28. The Morgan fingerprint density at radius 1 is 1.47 bits per heavy atom. The first kappa shape index (κ1) is 14.0. The Balaban J connectivity index is 2.62. The van der Waals surface area contributed by atoms with Crippen molar-refractivity contribution in [2.45, 2.75) is 33.2 Å². The van der Waals surface area contributed by atoms with Crippen molar-refractivity contribution in [1.82, 2.24) is 9.97 Å². The number of aromatic nitrogens is 2. The molecule has 96 valence electrons. The zero-order valence-electron chi connectivity index (χ0n) is 10.6. The fourth-order valence-corrected chi connectivity index (χ4v) is 1.76. The van der Waals surface area contributed by atoms with Crippen LogP contribution in [0.2, 0.25) is 0 Å². The van der Waals surface area contributed by atoms with Crippen LogP contribution in [0.15, 0.2) is 12.3 Å². The molecular formula is C12H20ClN3O. The number of hydrogen-bond donors (Lipinski definition) is 1. The number of nitrogens with zero attached hydrogens (tertiary/aromatic N) is 2. The maximum absolute atomic E-state index is 5.91. The summed E-state index contributed by atoms with van der Waals surface area (Å²) in [7, 11) is 0. The van der Waals surface area contributed by atoms with Gasteiger partial charge in [-0.2, -0.15) is 4.98 Å². The second-order valence-corrected chi connectivity index (χ2v) is 4.59. The third-order valence-electron chi connectivity index (χ3n) is 2.20. The molecule has 17 heavy (non-hydrogen) atoms. The summed E-state index contributed by atoms with van der Waals surface area (Å²) in [6.45, 7) is 6.86. The fraction of sp³-hybridized carbons (Fsp3) is 0.667. The molecule has 5 heteroatoms. The summed E-state index contributed by atoms with van der Waals surface area (Å²) in [5.41, 5.74) is 0. The molecule has 1 aromatic rings. The largest absolute Gasteiger partial charge is 0.478 e. The van der Waals surface area contributed by atoms with E-state index in [4.69, 9.17) is 16.3 Å². The third kappa shape index (κ3) is 5.22. The van der Waals surface area contributed by atoms with E-state index in [0.29, 0.717) is 30.2 Å². The number of nitrogens with one attached hydrogen (secondary N) is 1. The van der Waals surface area contributed by atoms with Gasteiger partial charge in [-0.25, -0.2) is 4.98 Å². The van der Waals surface area contributed by atoms with Gasteiger partial charge >= 0.3 is 0 Å². The van der Waals surface area contributed by atoms with E-state index in [0.717, 1.165) is 6.42 Å². The number of ether oxygens (including phenoxy) is 1. The molecule has 0 bridgehead atoms. The van der Waals surface area contributed by atoms with Crippen LogP contribution in [-0.2, 0) is 0 Å². The van der Waals surface area contributed by atoms with Gasteiger partial charge in [0.05, 0.1) is 6.61 Å². The molecule has 0 amide bonds.